The van der Waals surface area contributed by atoms with Gasteiger partial charge in [0.2, 0.25) is 0 Å². The zero-order chi connectivity index (χ0) is 9.97. The second-order valence-electron chi connectivity index (χ2n) is 6.25. The van der Waals surface area contributed by atoms with E-state index in [4.69, 9.17) is 0 Å². The Labute approximate surface area is 86.1 Å². The normalized spacial score (nSPS) is 47.8. The van der Waals surface area contributed by atoms with E-state index in [-0.39, 0.29) is 5.60 Å². The summed E-state index contributed by atoms with van der Waals surface area (Å²) in [6, 6.07) is 0. The molecule has 2 N–H and O–H groups in total. The van der Waals surface area contributed by atoms with Gasteiger partial charge in [-0.1, -0.05) is 13.8 Å². The fraction of sp³-hybridized carbons (Fsp3) is 1.00. The smallest absolute Gasteiger partial charge is 0.0925 e. The first-order valence-electron chi connectivity index (χ1n) is 5.97. The molecule has 4 aliphatic rings. The second-order valence-corrected chi connectivity index (χ2v) is 6.25. The fourth-order valence-corrected chi connectivity index (χ4v) is 4.10. The van der Waals surface area contributed by atoms with Crippen molar-refractivity contribution in [3.63, 3.8) is 0 Å². The molecule has 80 valence electrons. The van der Waals surface area contributed by atoms with Gasteiger partial charge in [0.1, 0.15) is 0 Å². The van der Waals surface area contributed by atoms with E-state index in [1.807, 2.05) is 0 Å². The molecule has 4 rings (SSSR count). The molecule has 0 amide bonds. The van der Waals surface area contributed by atoms with Gasteiger partial charge >= 0.3 is 0 Å². The summed E-state index contributed by atoms with van der Waals surface area (Å²) in [7, 11) is 0. The number of aliphatic hydroxyl groups is 1. The molecule has 3 aliphatic carbocycles. The minimum Gasteiger partial charge on any atom is -0.387 e. The molecule has 0 aromatic rings. The van der Waals surface area contributed by atoms with Gasteiger partial charge in [0.25, 0.3) is 0 Å². The maximum absolute atomic E-state index is 10.4. The number of β-amino-alcohol motifs (C(OH)–C–C–N with tert-alkyl or cyclic N) is 1. The first-order chi connectivity index (χ1) is 6.54. The number of hydrogen-bond acceptors (Lipinski definition) is 2. The van der Waals surface area contributed by atoms with Gasteiger partial charge < -0.3 is 10.4 Å². The highest BCUT2D eigenvalue weighted by Crippen LogP contribution is 2.63. The zero-order valence-electron chi connectivity index (χ0n) is 9.21. The highest BCUT2D eigenvalue weighted by Gasteiger charge is 2.60. The van der Waals surface area contributed by atoms with E-state index in [2.05, 4.69) is 19.2 Å². The summed E-state index contributed by atoms with van der Waals surface area (Å²) < 4.78 is 0. The summed E-state index contributed by atoms with van der Waals surface area (Å²) in [5, 5.41) is 13.6. The molecule has 3 unspecified atom stereocenters. The third kappa shape index (κ3) is 0.938. The highest BCUT2D eigenvalue weighted by molar-refractivity contribution is 5.11. The van der Waals surface area contributed by atoms with Gasteiger partial charge in [0.15, 0.2) is 0 Å². The summed E-state index contributed by atoms with van der Waals surface area (Å²) in [6.07, 6.45) is 3.98. The van der Waals surface area contributed by atoms with Crippen LogP contribution in [0.15, 0.2) is 0 Å². The molecule has 14 heavy (non-hydrogen) atoms. The lowest BCUT2D eigenvalue weighted by atomic mass is 9.43. The Balaban J connectivity index is 1.81. The van der Waals surface area contributed by atoms with Crippen molar-refractivity contribution in [2.24, 2.45) is 23.2 Å². The summed E-state index contributed by atoms with van der Waals surface area (Å²) in [6.45, 7) is 6.45. The molecule has 0 aromatic heterocycles. The van der Waals surface area contributed by atoms with Crippen LogP contribution in [0.5, 0.6) is 0 Å². The lowest BCUT2D eigenvalue weighted by molar-refractivity contribution is -0.187. The number of hydrogen-bond donors (Lipinski definition) is 2. The minimum atomic E-state index is -0.354. The number of rotatable bonds is 1. The van der Waals surface area contributed by atoms with Crippen LogP contribution in [0, 0.1) is 23.2 Å². The van der Waals surface area contributed by atoms with Crippen LogP contribution in [0.3, 0.4) is 0 Å². The first kappa shape index (κ1) is 9.17. The van der Waals surface area contributed by atoms with Gasteiger partial charge in [0.05, 0.1) is 5.60 Å². The molecule has 4 fully saturated rings. The Morgan fingerprint density at radius 3 is 2.29 bits per heavy atom. The Morgan fingerprint density at radius 2 is 1.86 bits per heavy atom. The number of nitrogens with one attached hydrogen (secondary N) is 1. The molecule has 1 heterocycles. The molecule has 3 saturated carbocycles. The molecule has 1 aliphatic heterocycles. The van der Waals surface area contributed by atoms with Crippen LogP contribution < -0.4 is 5.32 Å². The Kier molecular flexibility index (Phi) is 1.66. The van der Waals surface area contributed by atoms with Gasteiger partial charge in [-0.05, 0) is 42.4 Å². The van der Waals surface area contributed by atoms with E-state index in [0.717, 1.165) is 24.9 Å². The van der Waals surface area contributed by atoms with Crippen LogP contribution in [0.25, 0.3) is 0 Å². The van der Waals surface area contributed by atoms with Crippen LogP contribution in [-0.4, -0.2) is 23.8 Å². The predicted octanol–water partition coefficient (Wildman–Crippen LogP) is 1.39. The molecule has 1 saturated heterocycles. The fourth-order valence-electron chi connectivity index (χ4n) is 4.10. The summed E-state index contributed by atoms with van der Waals surface area (Å²) >= 11 is 0. The largest absolute Gasteiger partial charge is 0.387 e. The van der Waals surface area contributed by atoms with Crippen molar-refractivity contribution in [2.75, 3.05) is 13.1 Å². The van der Waals surface area contributed by atoms with Crippen molar-refractivity contribution in [3.05, 3.63) is 0 Å². The molecule has 2 bridgehead atoms. The van der Waals surface area contributed by atoms with Crippen LogP contribution in [0.2, 0.25) is 0 Å². The van der Waals surface area contributed by atoms with E-state index in [0.29, 0.717) is 11.3 Å². The second kappa shape index (κ2) is 2.53. The van der Waals surface area contributed by atoms with Crippen molar-refractivity contribution in [1.82, 2.24) is 5.32 Å². The van der Waals surface area contributed by atoms with Crippen molar-refractivity contribution in [2.45, 2.75) is 38.7 Å². The Bertz CT molecular complexity index is 255. The minimum absolute atomic E-state index is 0.354. The standard InChI is InChI=1S/C12H21NO/c1-11(2)8-3-4-9(10(11)5-8)12(14)6-13-7-12/h8-10,13-14H,3-7H2,1-2H3. The van der Waals surface area contributed by atoms with Gasteiger partial charge in [-0.2, -0.15) is 0 Å². The molecule has 2 heteroatoms. The first-order valence-corrected chi connectivity index (χ1v) is 5.97. The van der Waals surface area contributed by atoms with Gasteiger partial charge in [-0.25, -0.2) is 0 Å². The van der Waals surface area contributed by atoms with Crippen LogP contribution in [0.1, 0.15) is 33.1 Å². The molecule has 0 radical (unpaired) electrons. The zero-order valence-corrected chi connectivity index (χ0v) is 9.21. The van der Waals surface area contributed by atoms with Crippen LogP contribution in [0.4, 0.5) is 0 Å². The lowest BCUT2D eigenvalue weighted by Gasteiger charge is -2.64. The van der Waals surface area contributed by atoms with Crippen molar-refractivity contribution in [3.8, 4) is 0 Å². The summed E-state index contributed by atoms with van der Waals surface area (Å²) in [5.41, 5.74) is 0.154. The van der Waals surface area contributed by atoms with E-state index in [1.54, 1.807) is 0 Å². The molecule has 3 atom stereocenters. The average molecular weight is 195 g/mol. The van der Waals surface area contributed by atoms with E-state index >= 15 is 0 Å². The van der Waals surface area contributed by atoms with Crippen LogP contribution in [-0.2, 0) is 0 Å². The maximum atomic E-state index is 10.4. The van der Waals surface area contributed by atoms with Crippen molar-refractivity contribution < 1.29 is 5.11 Å². The SMILES string of the molecule is CC1(C)C2CCC(C3(O)CNC3)C1C2. The van der Waals surface area contributed by atoms with Crippen LogP contribution >= 0.6 is 0 Å². The molecule has 0 spiro atoms. The molecular formula is C12H21NO. The van der Waals surface area contributed by atoms with E-state index < -0.39 is 0 Å². The third-order valence-corrected chi connectivity index (χ3v) is 5.41. The molecule has 2 nitrogen and oxygen atoms in total. The average Bonchev–Trinajstić information content (AvgIpc) is 2.14. The van der Waals surface area contributed by atoms with Gasteiger partial charge in [0, 0.05) is 13.1 Å². The quantitative estimate of drug-likeness (QED) is 0.663. The highest BCUT2D eigenvalue weighted by atomic mass is 16.3. The Hall–Kier alpha value is -0.0800. The van der Waals surface area contributed by atoms with E-state index in [1.165, 1.54) is 19.3 Å². The predicted molar refractivity (Wildman–Crippen MR) is 55.9 cm³/mol. The topological polar surface area (TPSA) is 32.3 Å². The maximum Gasteiger partial charge on any atom is 0.0925 e. The molecular weight excluding hydrogens is 174 g/mol. The molecule has 0 aromatic carbocycles. The van der Waals surface area contributed by atoms with Gasteiger partial charge in [-0.15, -0.1) is 0 Å². The number of fused-ring (bicyclic) bond motifs is 2. The van der Waals surface area contributed by atoms with Crippen molar-refractivity contribution >= 4 is 0 Å². The monoisotopic (exact) mass is 195 g/mol. The van der Waals surface area contributed by atoms with Gasteiger partial charge in [-0.3, -0.25) is 0 Å². The van der Waals surface area contributed by atoms with E-state index in [9.17, 15) is 5.11 Å². The Morgan fingerprint density at radius 1 is 1.14 bits per heavy atom. The third-order valence-electron chi connectivity index (χ3n) is 5.41. The summed E-state index contributed by atoms with van der Waals surface area (Å²) in [4.78, 5) is 0. The lowest BCUT2D eigenvalue weighted by Crippen LogP contribution is -2.69. The van der Waals surface area contributed by atoms with Crippen molar-refractivity contribution in [1.29, 1.82) is 0 Å². The summed E-state index contributed by atoms with van der Waals surface area (Å²) in [5.74, 6) is 2.30.